The molecule has 0 saturated heterocycles. The van der Waals surface area contributed by atoms with E-state index in [0.717, 1.165) is 25.7 Å². The molecule has 0 rings (SSSR count). The molecular formula is C16H26O4. The third kappa shape index (κ3) is 10.4. The van der Waals surface area contributed by atoms with Gasteiger partial charge in [0.05, 0.1) is 6.10 Å². The Morgan fingerprint density at radius 1 is 1.05 bits per heavy atom. The maximum Gasteiger partial charge on any atom is 0.307 e. The van der Waals surface area contributed by atoms with E-state index in [1.165, 1.54) is 0 Å². The minimum atomic E-state index is -0.520. The van der Waals surface area contributed by atoms with Crippen LogP contribution in [0.2, 0.25) is 0 Å². The molecule has 0 fully saturated rings. The monoisotopic (exact) mass is 282 g/mol. The van der Waals surface area contributed by atoms with Crippen molar-refractivity contribution in [1.29, 1.82) is 0 Å². The van der Waals surface area contributed by atoms with E-state index >= 15 is 0 Å². The Hall–Kier alpha value is -1.50. The molecule has 0 spiro atoms. The van der Waals surface area contributed by atoms with E-state index in [4.69, 9.17) is 15.9 Å². The summed E-state index contributed by atoms with van der Waals surface area (Å²) in [7, 11) is 0. The zero-order valence-electron chi connectivity index (χ0n) is 12.8. The lowest BCUT2D eigenvalue weighted by Gasteiger charge is -2.13. The van der Waals surface area contributed by atoms with Crippen LogP contribution in [0.1, 0.15) is 65.7 Å². The number of hydrogen-bond donors (Lipinski definition) is 0. The van der Waals surface area contributed by atoms with Crippen LogP contribution in [0.15, 0.2) is 0 Å². The van der Waals surface area contributed by atoms with Crippen LogP contribution in [0.5, 0.6) is 0 Å². The molecule has 0 heterocycles. The summed E-state index contributed by atoms with van der Waals surface area (Å²) in [4.78, 5) is 22.9. The van der Waals surface area contributed by atoms with Crippen molar-refractivity contribution in [2.45, 2.75) is 77.9 Å². The second-order valence-electron chi connectivity index (χ2n) is 4.95. The van der Waals surface area contributed by atoms with E-state index in [0.29, 0.717) is 6.42 Å². The van der Waals surface area contributed by atoms with Crippen molar-refractivity contribution in [1.82, 2.24) is 0 Å². The summed E-state index contributed by atoms with van der Waals surface area (Å²) in [6.45, 7) is 5.66. The summed E-state index contributed by atoms with van der Waals surface area (Å²) in [6.07, 6.45) is 9.64. The number of terminal acetylenes is 1. The lowest BCUT2D eigenvalue weighted by molar-refractivity contribution is -0.149. The first-order valence-electron chi connectivity index (χ1n) is 7.34. The van der Waals surface area contributed by atoms with Crippen molar-refractivity contribution in [2.24, 2.45) is 0 Å². The zero-order valence-corrected chi connectivity index (χ0v) is 12.8. The highest BCUT2D eigenvalue weighted by atomic mass is 16.5. The molecule has 4 heteroatoms. The summed E-state index contributed by atoms with van der Waals surface area (Å²) in [6, 6.07) is 0. The second kappa shape index (κ2) is 11.3. The predicted molar refractivity (Wildman–Crippen MR) is 77.9 cm³/mol. The largest absolute Gasteiger partial charge is 0.463 e. The number of unbranched alkanes of at least 4 members (excludes halogenated alkanes) is 2. The van der Waals surface area contributed by atoms with Gasteiger partial charge in [0.25, 0.3) is 0 Å². The van der Waals surface area contributed by atoms with Gasteiger partial charge < -0.3 is 9.47 Å². The molecule has 0 aromatic carbocycles. The molecule has 0 bridgehead atoms. The quantitative estimate of drug-likeness (QED) is 0.351. The van der Waals surface area contributed by atoms with Crippen molar-refractivity contribution >= 4 is 11.9 Å². The fourth-order valence-electron chi connectivity index (χ4n) is 1.69. The van der Waals surface area contributed by atoms with Crippen LogP contribution in [0, 0.1) is 12.3 Å². The number of carbonyl (C=O) groups excluding carboxylic acids is 2. The van der Waals surface area contributed by atoms with Crippen LogP contribution in [-0.4, -0.2) is 24.1 Å². The van der Waals surface area contributed by atoms with E-state index in [1.54, 1.807) is 6.92 Å². The smallest absolute Gasteiger partial charge is 0.307 e. The molecule has 0 aromatic rings. The van der Waals surface area contributed by atoms with E-state index in [9.17, 15) is 9.59 Å². The van der Waals surface area contributed by atoms with Gasteiger partial charge in [-0.2, -0.15) is 0 Å². The molecule has 20 heavy (non-hydrogen) atoms. The minimum Gasteiger partial charge on any atom is -0.463 e. The van der Waals surface area contributed by atoms with Gasteiger partial charge in [0.1, 0.15) is 0 Å². The molecule has 4 nitrogen and oxygen atoms in total. The van der Waals surface area contributed by atoms with Gasteiger partial charge in [-0.1, -0.05) is 25.7 Å². The molecule has 0 aliphatic heterocycles. The molecule has 0 N–H and O–H groups in total. The van der Waals surface area contributed by atoms with Crippen molar-refractivity contribution in [2.75, 3.05) is 0 Å². The van der Waals surface area contributed by atoms with Gasteiger partial charge in [0, 0.05) is 12.8 Å². The SMILES string of the molecule is C#CC(C)OC(=O)CCCC(=O)OC(C)CCCCC. The first-order valence-corrected chi connectivity index (χ1v) is 7.34. The molecule has 0 aliphatic carbocycles. The Labute approximate surface area is 122 Å². The molecule has 0 radical (unpaired) electrons. The first-order chi connectivity index (χ1) is 9.49. The number of hydrogen-bond acceptors (Lipinski definition) is 4. The fourth-order valence-corrected chi connectivity index (χ4v) is 1.69. The van der Waals surface area contributed by atoms with Crippen molar-refractivity contribution in [3.63, 3.8) is 0 Å². The van der Waals surface area contributed by atoms with E-state index in [1.807, 2.05) is 6.92 Å². The summed E-state index contributed by atoms with van der Waals surface area (Å²) >= 11 is 0. The third-order valence-corrected chi connectivity index (χ3v) is 2.85. The molecule has 0 amide bonds. The molecular weight excluding hydrogens is 256 g/mol. The average Bonchev–Trinajstić information content (AvgIpc) is 2.38. The van der Waals surface area contributed by atoms with Crippen LogP contribution in [0.4, 0.5) is 0 Å². The first kappa shape index (κ1) is 18.5. The van der Waals surface area contributed by atoms with Crippen LogP contribution in [0.25, 0.3) is 0 Å². The van der Waals surface area contributed by atoms with Crippen molar-refractivity contribution < 1.29 is 19.1 Å². The molecule has 2 atom stereocenters. The number of esters is 2. The Kier molecular flexibility index (Phi) is 10.5. The molecule has 2 unspecified atom stereocenters. The van der Waals surface area contributed by atoms with Crippen LogP contribution in [-0.2, 0) is 19.1 Å². The normalized spacial score (nSPS) is 13.1. The van der Waals surface area contributed by atoms with Crippen molar-refractivity contribution in [3.05, 3.63) is 0 Å². The topological polar surface area (TPSA) is 52.6 Å². The highest BCUT2D eigenvalue weighted by Gasteiger charge is 2.11. The lowest BCUT2D eigenvalue weighted by Crippen LogP contribution is -2.16. The molecule has 0 aliphatic rings. The Bertz CT molecular complexity index is 330. The predicted octanol–water partition coefficient (Wildman–Crippen LogP) is 3.23. The Morgan fingerprint density at radius 2 is 1.65 bits per heavy atom. The van der Waals surface area contributed by atoms with E-state index in [-0.39, 0.29) is 30.9 Å². The summed E-state index contributed by atoms with van der Waals surface area (Å²) in [5.74, 6) is 1.68. The summed E-state index contributed by atoms with van der Waals surface area (Å²) in [5.41, 5.74) is 0. The summed E-state index contributed by atoms with van der Waals surface area (Å²) < 4.78 is 10.2. The highest BCUT2D eigenvalue weighted by molar-refractivity contribution is 5.72. The minimum absolute atomic E-state index is 0.0533. The van der Waals surface area contributed by atoms with E-state index < -0.39 is 6.10 Å². The maximum atomic E-state index is 11.5. The van der Waals surface area contributed by atoms with Gasteiger partial charge in [-0.15, -0.1) is 6.42 Å². The van der Waals surface area contributed by atoms with Gasteiger partial charge in [0.15, 0.2) is 6.10 Å². The van der Waals surface area contributed by atoms with Crippen molar-refractivity contribution in [3.8, 4) is 12.3 Å². The Morgan fingerprint density at radius 3 is 2.20 bits per heavy atom. The van der Waals surface area contributed by atoms with Crippen LogP contribution in [0.3, 0.4) is 0 Å². The van der Waals surface area contributed by atoms with Crippen LogP contribution < -0.4 is 0 Å². The molecule has 0 saturated carbocycles. The number of carbonyl (C=O) groups is 2. The lowest BCUT2D eigenvalue weighted by atomic mass is 10.1. The average molecular weight is 282 g/mol. The second-order valence-corrected chi connectivity index (χ2v) is 4.95. The van der Waals surface area contributed by atoms with E-state index in [2.05, 4.69) is 12.8 Å². The molecule has 0 aromatic heterocycles. The van der Waals surface area contributed by atoms with Gasteiger partial charge >= 0.3 is 11.9 Å². The zero-order chi connectivity index (χ0) is 15.4. The number of ether oxygens (including phenoxy) is 2. The fraction of sp³-hybridized carbons (Fsp3) is 0.750. The van der Waals surface area contributed by atoms with Gasteiger partial charge in [-0.25, -0.2) is 0 Å². The van der Waals surface area contributed by atoms with Crippen LogP contribution >= 0.6 is 0 Å². The van der Waals surface area contributed by atoms with Gasteiger partial charge in [-0.05, 0) is 33.1 Å². The summed E-state index contributed by atoms with van der Waals surface area (Å²) in [5, 5.41) is 0. The highest BCUT2D eigenvalue weighted by Crippen LogP contribution is 2.09. The standard InChI is InChI=1S/C16H26O4/c1-5-7-8-10-14(4)20-16(18)12-9-11-15(17)19-13(3)6-2/h2,13-14H,5,7-12H2,1,3-4H3. The Balaban J connectivity index is 3.67. The molecule has 114 valence electrons. The number of rotatable bonds is 10. The van der Waals surface area contributed by atoms with Gasteiger partial charge in [-0.3, -0.25) is 9.59 Å². The van der Waals surface area contributed by atoms with Gasteiger partial charge in [0.2, 0.25) is 0 Å². The maximum absolute atomic E-state index is 11.5. The third-order valence-electron chi connectivity index (χ3n) is 2.85.